The van der Waals surface area contributed by atoms with Crippen LogP contribution in [-0.4, -0.2) is 4.98 Å². The van der Waals surface area contributed by atoms with Gasteiger partial charge in [0.1, 0.15) is 0 Å². The lowest BCUT2D eigenvalue weighted by atomic mass is 9.91. The van der Waals surface area contributed by atoms with Crippen molar-refractivity contribution >= 4 is 22.6 Å². The number of pyridine rings is 1. The molecule has 16 heavy (non-hydrogen) atoms. The fourth-order valence-electron chi connectivity index (χ4n) is 2.55. The molecule has 0 aromatic carbocycles. The highest BCUT2D eigenvalue weighted by Gasteiger charge is 2.25. The number of allylic oxidation sites excluding steroid dienone is 1. The topological polar surface area (TPSA) is 12.9 Å². The predicted octanol–water partition coefficient (Wildman–Crippen LogP) is 4.30. The molecule has 0 aliphatic heterocycles. The van der Waals surface area contributed by atoms with E-state index in [2.05, 4.69) is 56.8 Å². The Morgan fingerprint density at radius 3 is 3.00 bits per heavy atom. The van der Waals surface area contributed by atoms with Crippen molar-refractivity contribution < 1.29 is 0 Å². The molecule has 2 heteroatoms. The number of hydrogen-bond donors (Lipinski definition) is 0. The molecule has 1 nitrogen and oxygen atoms in total. The molecule has 1 saturated carbocycles. The Morgan fingerprint density at radius 1 is 1.44 bits per heavy atom. The summed E-state index contributed by atoms with van der Waals surface area (Å²) in [5.41, 5.74) is 2.50. The van der Waals surface area contributed by atoms with E-state index >= 15 is 0 Å². The first-order chi connectivity index (χ1) is 7.79. The van der Waals surface area contributed by atoms with Crippen LogP contribution in [0.4, 0.5) is 0 Å². The summed E-state index contributed by atoms with van der Waals surface area (Å²) in [5, 5.41) is 0. The third kappa shape index (κ3) is 3.06. The highest BCUT2D eigenvalue weighted by molar-refractivity contribution is 14.1. The summed E-state index contributed by atoms with van der Waals surface area (Å²) < 4.78 is 2.17. The van der Waals surface area contributed by atoms with Crippen molar-refractivity contribution in [3.63, 3.8) is 0 Å². The molecule has 2 rings (SSSR count). The fourth-order valence-corrected chi connectivity index (χ4v) is 3.09. The number of rotatable bonds is 3. The van der Waals surface area contributed by atoms with Gasteiger partial charge in [0, 0.05) is 11.9 Å². The van der Waals surface area contributed by atoms with Crippen molar-refractivity contribution in [1.29, 1.82) is 0 Å². The van der Waals surface area contributed by atoms with Gasteiger partial charge in [-0.3, -0.25) is 4.98 Å². The van der Waals surface area contributed by atoms with Crippen molar-refractivity contribution in [1.82, 2.24) is 4.98 Å². The van der Waals surface area contributed by atoms with Crippen molar-refractivity contribution in [2.75, 3.05) is 0 Å². The summed E-state index contributed by atoms with van der Waals surface area (Å²) in [6.45, 7) is 2.09. The highest BCUT2D eigenvalue weighted by Crippen LogP contribution is 2.35. The molecule has 1 aliphatic rings. The number of halogens is 1. The van der Waals surface area contributed by atoms with Crippen LogP contribution in [0.2, 0.25) is 0 Å². The van der Waals surface area contributed by atoms with Gasteiger partial charge in [-0.1, -0.05) is 41.2 Å². The molecule has 0 spiro atoms. The van der Waals surface area contributed by atoms with Crippen molar-refractivity contribution in [2.24, 2.45) is 11.8 Å². The van der Waals surface area contributed by atoms with Gasteiger partial charge < -0.3 is 0 Å². The van der Waals surface area contributed by atoms with Crippen molar-refractivity contribution in [2.45, 2.75) is 32.6 Å². The minimum atomic E-state index is 0.778. The van der Waals surface area contributed by atoms with Gasteiger partial charge in [-0.25, -0.2) is 0 Å². The van der Waals surface area contributed by atoms with Crippen LogP contribution in [0, 0.1) is 18.8 Å². The summed E-state index contributed by atoms with van der Waals surface area (Å²) in [6.07, 6.45) is 9.59. The van der Waals surface area contributed by atoms with E-state index in [9.17, 15) is 0 Å². The van der Waals surface area contributed by atoms with Crippen LogP contribution in [0.15, 0.2) is 28.5 Å². The van der Waals surface area contributed by atoms with Crippen LogP contribution in [0.5, 0.6) is 0 Å². The number of aromatic nitrogens is 1. The molecule has 2 atom stereocenters. The number of nitrogens with zero attached hydrogens (tertiary/aromatic N) is 1. The van der Waals surface area contributed by atoms with Gasteiger partial charge in [0.05, 0.1) is 0 Å². The largest absolute Gasteiger partial charge is 0.261 e. The first-order valence-corrected chi connectivity index (χ1v) is 7.22. The Bertz CT molecular complexity index is 356. The lowest BCUT2D eigenvalue weighted by molar-refractivity contribution is 0.452. The van der Waals surface area contributed by atoms with E-state index in [0.717, 1.165) is 18.3 Å². The fraction of sp³-hybridized carbons (Fsp3) is 0.500. The van der Waals surface area contributed by atoms with E-state index < -0.39 is 0 Å². The van der Waals surface area contributed by atoms with Crippen molar-refractivity contribution in [3.05, 3.63) is 39.7 Å². The zero-order valence-electron chi connectivity index (χ0n) is 9.70. The first-order valence-electron chi connectivity index (χ1n) is 5.98. The maximum atomic E-state index is 4.51. The first kappa shape index (κ1) is 12.1. The maximum Gasteiger partial charge on any atom is 0.0406 e. The van der Waals surface area contributed by atoms with Crippen LogP contribution in [0.1, 0.15) is 30.5 Å². The second kappa shape index (κ2) is 5.80. The van der Waals surface area contributed by atoms with Crippen LogP contribution in [0.3, 0.4) is 0 Å². The van der Waals surface area contributed by atoms with Crippen LogP contribution in [-0.2, 0) is 6.42 Å². The molecule has 1 aromatic heterocycles. The molecular weight excluding hydrogens is 309 g/mol. The quantitative estimate of drug-likeness (QED) is 0.755. The Hall–Kier alpha value is -0.380. The van der Waals surface area contributed by atoms with Gasteiger partial charge in [0.25, 0.3) is 0 Å². The minimum absolute atomic E-state index is 0.778. The molecule has 0 bridgehead atoms. The minimum Gasteiger partial charge on any atom is -0.261 e. The maximum absolute atomic E-state index is 4.51. The average Bonchev–Trinajstić information content (AvgIpc) is 2.70. The molecule has 2 unspecified atom stereocenters. The van der Waals surface area contributed by atoms with Crippen LogP contribution >= 0.6 is 22.6 Å². The molecule has 1 heterocycles. The molecule has 0 saturated heterocycles. The number of aryl methyl sites for hydroxylation is 1. The lowest BCUT2D eigenvalue weighted by Crippen LogP contribution is -2.09. The highest BCUT2D eigenvalue weighted by atomic mass is 127. The zero-order valence-corrected chi connectivity index (χ0v) is 11.9. The third-order valence-electron chi connectivity index (χ3n) is 3.48. The molecule has 1 fully saturated rings. The molecule has 1 aliphatic carbocycles. The normalized spacial score (nSPS) is 25.4. The Labute approximate surface area is 112 Å². The summed E-state index contributed by atoms with van der Waals surface area (Å²) >= 11 is 2.33. The second-order valence-electron chi connectivity index (χ2n) is 4.70. The van der Waals surface area contributed by atoms with Crippen LogP contribution in [0.25, 0.3) is 0 Å². The van der Waals surface area contributed by atoms with Gasteiger partial charge in [-0.15, -0.1) is 0 Å². The molecular formula is C14H18IN. The van der Waals surface area contributed by atoms with Gasteiger partial charge >= 0.3 is 0 Å². The van der Waals surface area contributed by atoms with E-state index in [1.54, 1.807) is 0 Å². The number of hydrogen-bond acceptors (Lipinski definition) is 1. The van der Waals surface area contributed by atoms with Crippen molar-refractivity contribution in [3.8, 4) is 0 Å². The summed E-state index contributed by atoms with van der Waals surface area (Å²) in [6, 6.07) is 4.35. The third-order valence-corrected chi connectivity index (χ3v) is 3.90. The molecule has 0 N–H and O–H groups in total. The predicted molar refractivity (Wildman–Crippen MR) is 76.7 cm³/mol. The van der Waals surface area contributed by atoms with Gasteiger partial charge in [0.15, 0.2) is 0 Å². The molecule has 0 amide bonds. The van der Waals surface area contributed by atoms with E-state index in [1.807, 2.05) is 6.20 Å². The smallest absolute Gasteiger partial charge is 0.0406 e. The summed E-state index contributed by atoms with van der Waals surface area (Å²) in [5.74, 6) is 1.58. The summed E-state index contributed by atoms with van der Waals surface area (Å²) in [4.78, 5) is 4.51. The average molecular weight is 327 g/mol. The molecule has 1 aromatic rings. The van der Waals surface area contributed by atoms with E-state index in [4.69, 9.17) is 0 Å². The Morgan fingerprint density at radius 2 is 2.31 bits per heavy atom. The Kier molecular flexibility index (Phi) is 4.38. The SMILES string of the molecule is Cc1ccc(CC2CCCC2/C=C/I)nc1. The van der Waals surface area contributed by atoms with Gasteiger partial charge in [-0.05, 0) is 53.7 Å². The monoisotopic (exact) mass is 327 g/mol. The van der Waals surface area contributed by atoms with E-state index in [-0.39, 0.29) is 0 Å². The zero-order chi connectivity index (χ0) is 11.4. The molecule has 86 valence electrons. The Balaban J connectivity index is 2.01. The summed E-state index contributed by atoms with van der Waals surface area (Å²) in [7, 11) is 0. The van der Waals surface area contributed by atoms with E-state index in [1.165, 1.54) is 30.5 Å². The van der Waals surface area contributed by atoms with Crippen LogP contribution < -0.4 is 0 Å². The second-order valence-corrected chi connectivity index (χ2v) is 5.42. The lowest BCUT2D eigenvalue weighted by Gasteiger charge is -2.15. The molecule has 0 radical (unpaired) electrons. The standard InChI is InChI=1S/C14H18IN/c1-11-5-6-14(16-10-11)9-13-4-2-3-12(13)7-8-15/h5-8,10,12-13H,2-4,9H2,1H3/b8-7+. The van der Waals surface area contributed by atoms with Gasteiger partial charge in [-0.2, -0.15) is 0 Å². The van der Waals surface area contributed by atoms with E-state index in [0.29, 0.717) is 0 Å². The van der Waals surface area contributed by atoms with Gasteiger partial charge in [0.2, 0.25) is 0 Å².